The molecule has 1 saturated heterocycles. The number of halogens is 1. The molecule has 128 valence electrons. The van der Waals surface area contributed by atoms with Crippen molar-refractivity contribution in [2.45, 2.75) is 31.0 Å². The lowest BCUT2D eigenvalue weighted by atomic mass is 10.1. The maximum atomic E-state index is 12.7. The van der Waals surface area contributed by atoms with Gasteiger partial charge in [0, 0.05) is 32.7 Å². The fourth-order valence-electron chi connectivity index (χ4n) is 2.56. The third kappa shape index (κ3) is 3.85. The zero-order valence-electron chi connectivity index (χ0n) is 13.6. The summed E-state index contributed by atoms with van der Waals surface area (Å²) in [6.07, 6.45) is -0.111. The summed E-state index contributed by atoms with van der Waals surface area (Å²) in [4.78, 5) is 14.3. The van der Waals surface area contributed by atoms with Gasteiger partial charge in [-0.3, -0.25) is 4.79 Å². The highest BCUT2D eigenvalue weighted by molar-refractivity contribution is 7.89. The van der Waals surface area contributed by atoms with Crippen molar-refractivity contribution >= 4 is 27.5 Å². The van der Waals surface area contributed by atoms with E-state index in [4.69, 9.17) is 16.3 Å². The highest BCUT2D eigenvalue weighted by Gasteiger charge is 2.28. The molecule has 1 fully saturated rings. The molecule has 2 rings (SSSR count). The molecule has 1 aliphatic heterocycles. The predicted octanol–water partition coefficient (Wildman–Crippen LogP) is 1.84. The molecule has 2 unspecified atom stereocenters. The summed E-state index contributed by atoms with van der Waals surface area (Å²) in [5.74, 6) is -0.223. The van der Waals surface area contributed by atoms with Crippen molar-refractivity contribution in [1.82, 2.24) is 9.21 Å². The van der Waals surface area contributed by atoms with Crippen LogP contribution in [0.3, 0.4) is 0 Å². The second kappa shape index (κ2) is 6.76. The molecule has 8 heteroatoms. The van der Waals surface area contributed by atoms with Crippen molar-refractivity contribution in [3.63, 3.8) is 0 Å². The van der Waals surface area contributed by atoms with Crippen molar-refractivity contribution in [1.29, 1.82) is 0 Å². The van der Waals surface area contributed by atoms with Crippen LogP contribution in [0, 0.1) is 0 Å². The van der Waals surface area contributed by atoms with Crippen molar-refractivity contribution in [3.05, 3.63) is 28.8 Å². The van der Waals surface area contributed by atoms with Gasteiger partial charge in [-0.05, 0) is 32.0 Å². The minimum Gasteiger partial charge on any atom is -0.372 e. The molecule has 1 heterocycles. The van der Waals surface area contributed by atoms with Crippen molar-refractivity contribution < 1.29 is 17.9 Å². The van der Waals surface area contributed by atoms with Crippen LogP contribution in [-0.4, -0.2) is 62.9 Å². The van der Waals surface area contributed by atoms with Gasteiger partial charge in [-0.2, -0.15) is 0 Å². The second-order valence-corrected chi connectivity index (χ2v) is 8.43. The van der Waals surface area contributed by atoms with E-state index in [0.717, 1.165) is 4.31 Å². The Labute approximate surface area is 142 Å². The number of sulfonamides is 1. The first kappa shape index (κ1) is 18.2. The number of hydrogen-bond acceptors (Lipinski definition) is 4. The zero-order valence-corrected chi connectivity index (χ0v) is 15.2. The van der Waals surface area contributed by atoms with Crippen LogP contribution in [0.2, 0.25) is 5.02 Å². The van der Waals surface area contributed by atoms with E-state index in [1.54, 1.807) is 11.0 Å². The normalized spacial score (nSPS) is 22.4. The average Bonchev–Trinajstić information content (AvgIpc) is 2.45. The van der Waals surface area contributed by atoms with Gasteiger partial charge in [-0.1, -0.05) is 11.6 Å². The van der Waals surface area contributed by atoms with E-state index in [1.165, 1.54) is 26.2 Å². The van der Waals surface area contributed by atoms with E-state index >= 15 is 0 Å². The Hall–Kier alpha value is -1.15. The quantitative estimate of drug-likeness (QED) is 0.824. The Morgan fingerprint density at radius 2 is 1.83 bits per heavy atom. The molecule has 2 atom stereocenters. The summed E-state index contributed by atoms with van der Waals surface area (Å²) in [5.41, 5.74) is 0.302. The molecule has 0 bridgehead atoms. The fourth-order valence-corrected chi connectivity index (χ4v) is 3.95. The number of rotatable bonds is 3. The van der Waals surface area contributed by atoms with Gasteiger partial charge >= 0.3 is 0 Å². The minimum atomic E-state index is -3.71. The molecule has 0 N–H and O–H groups in total. The maximum absolute atomic E-state index is 12.7. The average molecular weight is 361 g/mol. The third-order valence-corrected chi connectivity index (χ3v) is 5.94. The van der Waals surface area contributed by atoms with Crippen molar-refractivity contribution in [2.75, 3.05) is 27.2 Å². The molecule has 1 aromatic rings. The largest absolute Gasteiger partial charge is 0.372 e. The number of carbonyl (C=O) groups excluding carboxylic acids is 1. The molecule has 0 aromatic heterocycles. The minimum absolute atomic E-state index is 0.0556. The molecule has 0 spiro atoms. The SMILES string of the molecule is CC1CN(C(=O)c2ccc(Cl)c(S(=O)(=O)N(C)C)c2)CC(C)O1. The lowest BCUT2D eigenvalue weighted by Crippen LogP contribution is -2.48. The first-order chi connectivity index (χ1) is 10.6. The van der Waals surface area contributed by atoms with Gasteiger partial charge in [0.1, 0.15) is 4.90 Å². The van der Waals surface area contributed by atoms with Crippen molar-refractivity contribution in [3.8, 4) is 0 Å². The van der Waals surface area contributed by atoms with Gasteiger partial charge in [0.25, 0.3) is 5.91 Å². The van der Waals surface area contributed by atoms with E-state index in [-0.39, 0.29) is 28.0 Å². The third-order valence-electron chi connectivity index (χ3n) is 3.64. The van der Waals surface area contributed by atoms with Crippen LogP contribution >= 0.6 is 11.6 Å². The molecular weight excluding hydrogens is 340 g/mol. The van der Waals surface area contributed by atoms with E-state index in [1.807, 2.05) is 13.8 Å². The Balaban J connectivity index is 2.36. The zero-order chi connectivity index (χ0) is 17.4. The number of benzene rings is 1. The van der Waals surface area contributed by atoms with Gasteiger partial charge in [-0.15, -0.1) is 0 Å². The van der Waals surface area contributed by atoms with E-state index < -0.39 is 10.0 Å². The number of amides is 1. The highest BCUT2D eigenvalue weighted by atomic mass is 35.5. The van der Waals surface area contributed by atoms with Crippen LogP contribution in [0.15, 0.2) is 23.1 Å². The molecule has 0 radical (unpaired) electrons. The van der Waals surface area contributed by atoms with Crippen LogP contribution in [0.1, 0.15) is 24.2 Å². The number of carbonyl (C=O) groups is 1. The van der Waals surface area contributed by atoms with Crippen LogP contribution in [0.25, 0.3) is 0 Å². The smallest absolute Gasteiger partial charge is 0.254 e. The van der Waals surface area contributed by atoms with Crippen LogP contribution in [-0.2, 0) is 14.8 Å². The lowest BCUT2D eigenvalue weighted by Gasteiger charge is -2.35. The number of morpholine rings is 1. The summed E-state index contributed by atoms with van der Waals surface area (Å²) >= 11 is 6.01. The molecule has 1 aliphatic rings. The summed E-state index contributed by atoms with van der Waals surface area (Å²) in [6.45, 7) is 4.75. The van der Waals surface area contributed by atoms with Gasteiger partial charge in [0.05, 0.1) is 17.2 Å². The van der Waals surface area contributed by atoms with E-state index in [0.29, 0.717) is 18.7 Å². The Morgan fingerprint density at radius 1 is 1.26 bits per heavy atom. The fraction of sp³-hybridized carbons (Fsp3) is 0.533. The van der Waals surface area contributed by atoms with E-state index in [2.05, 4.69) is 0 Å². The summed E-state index contributed by atoms with van der Waals surface area (Å²) in [7, 11) is -0.866. The number of nitrogens with zero attached hydrogens (tertiary/aromatic N) is 2. The number of ether oxygens (including phenoxy) is 1. The Kier molecular flexibility index (Phi) is 5.35. The monoisotopic (exact) mass is 360 g/mol. The van der Waals surface area contributed by atoms with Gasteiger partial charge < -0.3 is 9.64 Å². The van der Waals surface area contributed by atoms with Gasteiger partial charge in [-0.25, -0.2) is 12.7 Å². The summed E-state index contributed by atoms with van der Waals surface area (Å²) < 4.78 is 31.3. The van der Waals surface area contributed by atoms with E-state index in [9.17, 15) is 13.2 Å². The molecule has 0 saturated carbocycles. The van der Waals surface area contributed by atoms with Crippen LogP contribution < -0.4 is 0 Å². The topological polar surface area (TPSA) is 66.9 Å². The maximum Gasteiger partial charge on any atom is 0.254 e. The lowest BCUT2D eigenvalue weighted by molar-refractivity contribution is -0.0586. The Morgan fingerprint density at radius 3 is 2.35 bits per heavy atom. The van der Waals surface area contributed by atoms with Gasteiger partial charge in [0.2, 0.25) is 10.0 Å². The molecule has 1 aromatic carbocycles. The van der Waals surface area contributed by atoms with Crippen molar-refractivity contribution in [2.24, 2.45) is 0 Å². The predicted molar refractivity (Wildman–Crippen MR) is 88.2 cm³/mol. The molecular formula is C15H21ClN2O4S. The summed E-state index contributed by atoms with van der Waals surface area (Å²) in [5, 5.41) is 0.0963. The highest BCUT2D eigenvalue weighted by Crippen LogP contribution is 2.26. The first-order valence-electron chi connectivity index (χ1n) is 7.29. The van der Waals surface area contributed by atoms with Gasteiger partial charge in [0.15, 0.2) is 0 Å². The molecule has 0 aliphatic carbocycles. The first-order valence-corrected chi connectivity index (χ1v) is 9.11. The van der Waals surface area contributed by atoms with Crippen LogP contribution in [0.5, 0.6) is 0 Å². The standard InChI is InChI=1S/C15H21ClN2O4S/c1-10-8-18(9-11(2)22-10)15(19)12-5-6-13(16)14(7-12)23(20,21)17(3)4/h5-7,10-11H,8-9H2,1-4H3. The Bertz CT molecular complexity index is 695. The molecule has 6 nitrogen and oxygen atoms in total. The van der Waals surface area contributed by atoms with Crippen LogP contribution in [0.4, 0.5) is 0 Å². The molecule has 1 amide bonds. The molecule has 23 heavy (non-hydrogen) atoms. The summed E-state index contributed by atoms with van der Waals surface area (Å²) in [6, 6.07) is 4.33. The number of hydrogen-bond donors (Lipinski definition) is 0. The second-order valence-electron chi connectivity index (χ2n) is 5.90.